The summed E-state index contributed by atoms with van der Waals surface area (Å²) in [4.78, 5) is 17.9. The molecule has 0 aliphatic carbocycles. The highest BCUT2D eigenvalue weighted by atomic mass is 32.2. The molecule has 0 radical (unpaired) electrons. The van der Waals surface area contributed by atoms with Crippen molar-refractivity contribution in [2.75, 3.05) is 50.1 Å². The largest absolute Gasteiger partial charge is 0.505 e. The Hall–Kier alpha value is -3.17. The van der Waals surface area contributed by atoms with Crippen LogP contribution >= 0.6 is 0 Å². The third kappa shape index (κ3) is 6.43. The van der Waals surface area contributed by atoms with E-state index >= 15 is 0 Å². The first kappa shape index (κ1) is 24.5. The SMILES string of the molecule is O=C(O)OCCNc1nc(Nc2ccc(S(=O)(=O)N3CCOCC3)cc2)ncc1C(F)(F)F. The smallest absolute Gasteiger partial charge is 0.450 e. The third-order valence-electron chi connectivity index (χ3n) is 4.43. The van der Waals surface area contributed by atoms with Gasteiger partial charge in [0.05, 0.1) is 24.7 Å². The first-order chi connectivity index (χ1) is 15.6. The molecule has 0 amide bonds. The maximum absolute atomic E-state index is 13.2. The summed E-state index contributed by atoms with van der Waals surface area (Å²) in [6.45, 7) is 0.467. The fourth-order valence-electron chi connectivity index (χ4n) is 2.87. The van der Waals surface area contributed by atoms with Gasteiger partial charge < -0.3 is 25.2 Å². The summed E-state index contributed by atoms with van der Waals surface area (Å²) in [6.07, 6.45) is -5.73. The molecule has 2 aromatic rings. The highest BCUT2D eigenvalue weighted by molar-refractivity contribution is 7.89. The lowest BCUT2D eigenvalue weighted by Gasteiger charge is -2.26. The van der Waals surface area contributed by atoms with Crippen LogP contribution in [0.5, 0.6) is 0 Å². The molecule has 1 aliphatic rings. The van der Waals surface area contributed by atoms with E-state index in [1.165, 1.54) is 28.6 Å². The second-order valence-corrected chi connectivity index (χ2v) is 8.60. The number of halogens is 3. The Labute approximate surface area is 186 Å². The molecule has 0 unspecified atom stereocenters. The van der Waals surface area contributed by atoms with Gasteiger partial charge in [0.1, 0.15) is 18.0 Å². The Morgan fingerprint density at radius 1 is 1.21 bits per heavy atom. The van der Waals surface area contributed by atoms with Crippen molar-refractivity contribution in [1.29, 1.82) is 0 Å². The zero-order chi connectivity index (χ0) is 24.1. The van der Waals surface area contributed by atoms with Crippen molar-refractivity contribution in [3.63, 3.8) is 0 Å². The number of alkyl halides is 3. The number of nitrogens with one attached hydrogen (secondary N) is 2. The van der Waals surface area contributed by atoms with Gasteiger partial charge in [0.25, 0.3) is 0 Å². The quantitative estimate of drug-likeness (QED) is 0.372. The van der Waals surface area contributed by atoms with Gasteiger partial charge in [0, 0.05) is 25.0 Å². The van der Waals surface area contributed by atoms with Gasteiger partial charge in [0.15, 0.2) is 0 Å². The van der Waals surface area contributed by atoms with Gasteiger partial charge in [-0.15, -0.1) is 0 Å². The van der Waals surface area contributed by atoms with Crippen LogP contribution in [0.3, 0.4) is 0 Å². The van der Waals surface area contributed by atoms with E-state index in [1.54, 1.807) is 0 Å². The fourth-order valence-corrected chi connectivity index (χ4v) is 4.28. The van der Waals surface area contributed by atoms with Crippen molar-refractivity contribution >= 4 is 33.6 Å². The molecular weight excluding hydrogens is 471 g/mol. The normalized spacial score (nSPS) is 15.1. The molecule has 1 aromatic heterocycles. The van der Waals surface area contributed by atoms with E-state index in [4.69, 9.17) is 9.84 Å². The van der Waals surface area contributed by atoms with Gasteiger partial charge in [-0.2, -0.15) is 22.5 Å². The molecule has 1 aromatic carbocycles. The zero-order valence-electron chi connectivity index (χ0n) is 17.0. The molecule has 0 atom stereocenters. The van der Waals surface area contributed by atoms with E-state index in [-0.39, 0.29) is 30.5 Å². The summed E-state index contributed by atoms with van der Waals surface area (Å²) in [5, 5.41) is 13.5. The average molecular weight is 491 g/mol. The Morgan fingerprint density at radius 2 is 1.88 bits per heavy atom. The highest BCUT2D eigenvalue weighted by Gasteiger charge is 2.35. The number of hydrogen-bond acceptors (Lipinski definition) is 9. The zero-order valence-corrected chi connectivity index (χ0v) is 17.8. The van der Waals surface area contributed by atoms with Crippen LogP contribution in [0.2, 0.25) is 0 Å². The molecule has 33 heavy (non-hydrogen) atoms. The van der Waals surface area contributed by atoms with E-state index in [1.807, 2.05) is 0 Å². The number of carboxylic acid groups (broad SMARTS) is 1. The number of carbonyl (C=O) groups is 1. The summed E-state index contributed by atoms with van der Waals surface area (Å²) in [6, 6.07) is 5.59. The topological polar surface area (TPSA) is 143 Å². The molecule has 3 N–H and O–H groups in total. The Kier molecular flexibility index (Phi) is 7.55. The Bertz CT molecular complexity index is 1080. The molecule has 1 fully saturated rings. The van der Waals surface area contributed by atoms with E-state index in [9.17, 15) is 26.4 Å². The number of nitrogens with zero attached hydrogens (tertiary/aromatic N) is 3. The minimum atomic E-state index is -4.75. The summed E-state index contributed by atoms with van der Waals surface area (Å²) in [7, 11) is -3.69. The number of sulfonamides is 1. The monoisotopic (exact) mass is 491 g/mol. The molecule has 2 heterocycles. The lowest BCUT2D eigenvalue weighted by Crippen LogP contribution is -2.40. The highest BCUT2D eigenvalue weighted by Crippen LogP contribution is 2.34. The Morgan fingerprint density at radius 3 is 2.48 bits per heavy atom. The van der Waals surface area contributed by atoms with Gasteiger partial charge >= 0.3 is 12.3 Å². The van der Waals surface area contributed by atoms with Crippen LogP contribution in [0.25, 0.3) is 0 Å². The summed E-state index contributed by atoms with van der Waals surface area (Å²) in [5.41, 5.74) is -0.800. The van der Waals surface area contributed by atoms with Crippen molar-refractivity contribution in [3.05, 3.63) is 36.0 Å². The summed E-state index contributed by atoms with van der Waals surface area (Å²) in [5.74, 6) is -0.756. The number of morpholine rings is 1. The van der Waals surface area contributed by atoms with Crippen LogP contribution in [0.15, 0.2) is 35.4 Å². The lowest BCUT2D eigenvalue weighted by atomic mass is 10.3. The van der Waals surface area contributed by atoms with Gasteiger partial charge in [-0.3, -0.25) is 0 Å². The first-order valence-electron chi connectivity index (χ1n) is 9.56. The molecular formula is C18H20F3N5O6S. The van der Waals surface area contributed by atoms with Gasteiger partial charge in [0.2, 0.25) is 16.0 Å². The average Bonchev–Trinajstić information content (AvgIpc) is 2.77. The molecule has 0 saturated carbocycles. The van der Waals surface area contributed by atoms with E-state index in [2.05, 4.69) is 25.3 Å². The van der Waals surface area contributed by atoms with E-state index in [0.717, 1.165) is 0 Å². The lowest BCUT2D eigenvalue weighted by molar-refractivity contribution is -0.137. The van der Waals surface area contributed by atoms with Crippen LogP contribution in [-0.2, 0) is 25.7 Å². The van der Waals surface area contributed by atoms with Gasteiger partial charge in [-0.1, -0.05) is 0 Å². The van der Waals surface area contributed by atoms with Gasteiger partial charge in [-0.25, -0.2) is 18.2 Å². The first-order valence-corrected chi connectivity index (χ1v) is 11.0. The molecule has 0 spiro atoms. The predicted octanol–water partition coefficient (Wildman–Crippen LogP) is 2.37. The predicted molar refractivity (Wildman–Crippen MR) is 109 cm³/mol. The minimum absolute atomic E-state index is 0.0593. The number of benzene rings is 1. The van der Waals surface area contributed by atoms with Crippen molar-refractivity contribution < 1.29 is 41.0 Å². The van der Waals surface area contributed by atoms with Crippen LogP contribution < -0.4 is 10.6 Å². The standard InChI is InChI=1S/C18H20F3N5O6S/c19-18(20,21)14-11-23-16(25-15(14)22-5-8-32-17(27)28)24-12-1-3-13(4-2-12)33(29,30)26-6-9-31-10-7-26/h1-4,11H,5-10H2,(H,27,28)(H2,22,23,24,25). The molecule has 3 rings (SSSR count). The minimum Gasteiger partial charge on any atom is -0.450 e. The summed E-state index contributed by atoms with van der Waals surface area (Å²) >= 11 is 0. The third-order valence-corrected chi connectivity index (χ3v) is 6.35. The second kappa shape index (κ2) is 10.2. The fraction of sp³-hybridized carbons (Fsp3) is 0.389. The maximum atomic E-state index is 13.2. The van der Waals surface area contributed by atoms with Crippen LogP contribution in [-0.4, -0.2) is 73.4 Å². The molecule has 11 nitrogen and oxygen atoms in total. The van der Waals surface area contributed by atoms with E-state index in [0.29, 0.717) is 25.1 Å². The number of hydrogen-bond donors (Lipinski definition) is 3. The molecule has 15 heteroatoms. The maximum Gasteiger partial charge on any atom is 0.505 e. The van der Waals surface area contributed by atoms with Crippen molar-refractivity contribution in [2.45, 2.75) is 11.1 Å². The van der Waals surface area contributed by atoms with Crippen molar-refractivity contribution in [3.8, 4) is 0 Å². The van der Waals surface area contributed by atoms with Gasteiger partial charge in [-0.05, 0) is 24.3 Å². The van der Waals surface area contributed by atoms with Crippen LogP contribution in [0.4, 0.5) is 35.4 Å². The summed E-state index contributed by atoms with van der Waals surface area (Å²) < 4.78 is 75.7. The van der Waals surface area contributed by atoms with E-state index < -0.39 is 40.3 Å². The Balaban J connectivity index is 1.74. The molecule has 1 aliphatic heterocycles. The molecule has 180 valence electrons. The second-order valence-electron chi connectivity index (χ2n) is 6.66. The molecule has 0 bridgehead atoms. The number of anilines is 3. The molecule has 1 saturated heterocycles. The van der Waals surface area contributed by atoms with Crippen molar-refractivity contribution in [1.82, 2.24) is 14.3 Å². The van der Waals surface area contributed by atoms with Crippen molar-refractivity contribution in [2.24, 2.45) is 0 Å². The number of ether oxygens (including phenoxy) is 2. The number of rotatable bonds is 8. The number of aromatic nitrogens is 2. The van der Waals surface area contributed by atoms with Crippen LogP contribution in [0.1, 0.15) is 5.56 Å². The van der Waals surface area contributed by atoms with Crippen LogP contribution in [0, 0.1) is 0 Å².